The van der Waals surface area contributed by atoms with Gasteiger partial charge in [-0.1, -0.05) is 13.0 Å². The number of hydrogen-bond acceptors (Lipinski definition) is 4. The predicted molar refractivity (Wildman–Crippen MR) is 94.7 cm³/mol. The zero-order chi connectivity index (χ0) is 16.9. The third-order valence-electron chi connectivity index (χ3n) is 3.77. The smallest absolute Gasteiger partial charge is 0.265 e. The first kappa shape index (κ1) is 16.7. The summed E-state index contributed by atoms with van der Waals surface area (Å²) >= 11 is 1.51. The van der Waals surface area contributed by atoms with Crippen LogP contribution in [0.15, 0.2) is 30.3 Å². The highest BCUT2D eigenvalue weighted by Gasteiger charge is 2.18. The van der Waals surface area contributed by atoms with Crippen molar-refractivity contribution in [2.24, 2.45) is 0 Å². The van der Waals surface area contributed by atoms with Gasteiger partial charge in [0.25, 0.3) is 11.8 Å². The number of carbonyl (C=O) groups excluding carboxylic acids is 2. The van der Waals surface area contributed by atoms with Gasteiger partial charge in [-0.25, -0.2) is 0 Å². The molecule has 0 aliphatic carbocycles. The van der Waals surface area contributed by atoms with E-state index in [0.717, 1.165) is 18.4 Å². The van der Waals surface area contributed by atoms with Gasteiger partial charge in [0.1, 0.15) is 0 Å². The van der Waals surface area contributed by atoms with E-state index >= 15 is 0 Å². The van der Waals surface area contributed by atoms with Crippen molar-refractivity contribution in [1.82, 2.24) is 5.32 Å². The van der Waals surface area contributed by atoms with Crippen molar-refractivity contribution in [3.05, 3.63) is 51.2 Å². The summed E-state index contributed by atoms with van der Waals surface area (Å²) < 4.78 is 5.41. The molecule has 0 radical (unpaired) electrons. The molecular weight excluding hydrogens is 324 g/mol. The van der Waals surface area contributed by atoms with Crippen LogP contribution in [0.2, 0.25) is 0 Å². The lowest BCUT2D eigenvalue weighted by Gasteiger charge is -2.10. The summed E-state index contributed by atoms with van der Waals surface area (Å²) in [6.45, 7) is 3.93. The van der Waals surface area contributed by atoms with E-state index in [2.05, 4.69) is 10.6 Å². The molecule has 0 spiro atoms. The third kappa shape index (κ3) is 3.83. The Morgan fingerprint density at radius 2 is 2.12 bits per heavy atom. The Bertz CT molecular complexity index is 731. The molecule has 1 aliphatic rings. The van der Waals surface area contributed by atoms with Crippen molar-refractivity contribution in [2.45, 2.75) is 26.4 Å². The largest absolute Gasteiger partial charge is 0.376 e. The van der Waals surface area contributed by atoms with Gasteiger partial charge < -0.3 is 15.4 Å². The minimum absolute atomic E-state index is 0.128. The van der Waals surface area contributed by atoms with Gasteiger partial charge in [-0.3, -0.25) is 9.59 Å². The molecule has 2 aromatic rings. The SMILES string of the molecule is CCCNC(=O)c1cccc(NC(=O)c2cc3c(s2)CCOC3)c1. The standard InChI is InChI=1S/C18H20N2O3S/c1-2-7-19-17(21)12-4-3-5-14(9-12)20-18(22)16-10-13-11-23-8-6-15(13)24-16/h3-5,9-10H,2,6-8,11H2,1H3,(H,19,21)(H,20,22). The van der Waals surface area contributed by atoms with Crippen molar-refractivity contribution in [1.29, 1.82) is 0 Å². The van der Waals surface area contributed by atoms with Crippen LogP contribution in [-0.2, 0) is 17.8 Å². The maximum atomic E-state index is 12.4. The lowest BCUT2D eigenvalue weighted by Crippen LogP contribution is -2.24. The number of carbonyl (C=O) groups is 2. The Balaban J connectivity index is 1.70. The van der Waals surface area contributed by atoms with E-state index in [1.165, 1.54) is 16.2 Å². The molecule has 2 N–H and O–H groups in total. The van der Waals surface area contributed by atoms with Gasteiger partial charge in [0.05, 0.1) is 18.1 Å². The van der Waals surface area contributed by atoms with E-state index in [9.17, 15) is 9.59 Å². The molecule has 24 heavy (non-hydrogen) atoms. The van der Waals surface area contributed by atoms with Crippen molar-refractivity contribution in [3.8, 4) is 0 Å². The van der Waals surface area contributed by atoms with Crippen LogP contribution in [0, 0.1) is 0 Å². The maximum Gasteiger partial charge on any atom is 0.265 e. The molecule has 0 saturated carbocycles. The average molecular weight is 344 g/mol. The maximum absolute atomic E-state index is 12.4. The molecule has 0 saturated heterocycles. The molecule has 6 heteroatoms. The topological polar surface area (TPSA) is 67.4 Å². The summed E-state index contributed by atoms with van der Waals surface area (Å²) in [5.41, 5.74) is 2.26. The van der Waals surface area contributed by atoms with Crippen LogP contribution < -0.4 is 10.6 Å². The number of thiophene rings is 1. The van der Waals surface area contributed by atoms with Gasteiger partial charge in [0.2, 0.25) is 0 Å². The Hall–Kier alpha value is -2.18. The Morgan fingerprint density at radius 3 is 2.92 bits per heavy atom. The van der Waals surface area contributed by atoms with Crippen LogP contribution in [0.4, 0.5) is 5.69 Å². The van der Waals surface area contributed by atoms with Gasteiger partial charge in [-0.15, -0.1) is 11.3 Å². The highest BCUT2D eigenvalue weighted by molar-refractivity contribution is 7.14. The molecule has 1 aliphatic heterocycles. The molecule has 5 nitrogen and oxygen atoms in total. The van der Waals surface area contributed by atoms with Crippen LogP contribution in [-0.4, -0.2) is 25.0 Å². The van der Waals surface area contributed by atoms with Crippen molar-refractivity contribution < 1.29 is 14.3 Å². The van der Waals surface area contributed by atoms with Crippen LogP contribution in [0.1, 0.15) is 43.8 Å². The zero-order valence-electron chi connectivity index (χ0n) is 13.6. The van der Waals surface area contributed by atoms with Gasteiger partial charge >= 0.3 is 0 Å². The quantitative estimate of drug-likeness (QED) is 0.875. The summed E-state index contributed by atoms with van der Waals surface area (Å²) in [6.07, 6.45) is 1.75. The second-order valence-electron chi connectivity index (χ2n) is 5.65. The first-order valence-corrected chi connectivity index (χ1v) is 8.88. The number of fused-ring (bicyclic) bond motifs is 1. The van der Waals surface area contributed by atoms with Gasteiger partial charge in [0.15, 0.2) is 0 Å². The third-order valence-corrected chi connectivity index (χ3v) is 5.01. The second kappa shape index (κ2) is 7.59. The van der Waals surface area contributed by atoms with Crippen LogP contribution in [0.25, 0.3) is 0 Å². The molecular formula is C18H20N2O3S. The highest BCUT2D eigenvalue weighted by atomic mass is 32.1. The molecule has 126 valence electrons. The summed E-state index contributed by atoms with van der Waals surface area (Å²) in [5.74, 6) is -0.280. The van der Waals surface area contributed by atoms with Gasteiger partial charge in [0, 0.05) is 29.1 Å². The molecule has 0 atom stereocenters. The molecule has 1 aromatic carbocycles. The number of hydrogen-bond donors (Lipinski definition) is 2. The second-order valence-corrected chi connectivity index (χ2v) is 6.79. The summed E-state index contributed by atoms with van der Waals surface area (Å²) in [5, 5.41) is 5.70. The molecule has 3 rings (SSSR count). The fraction of sp³-hybridized carbons (Fsp3) is 0.333. The Labute approximate surface area is 145 Å². The van der Waals surface area contributed by atoms with Crippen LogP contribution in [0.5, 0.6) is 0 Å². The van der Waals surface area contributed by atoms with E-state index in [0.29, 0.717) is 35.9 Å². The number of rotatable bonds is 5. The van der Waals surface area contributed by atoms with Crippen LogP contribution in [0.3, 0.4) is 0 Å². The monoisotopic (exact) mass is 344 g/mol. The first-order valence-electron chi connectivity index (χ1n) is 8.06. The van der Waals surface area contributed by atoms with E-state index < -0.39 is 0 Å². The van der Waals surface area contributed by atoms with Crippen molar-refractivity contribution in [3.63, 3.8) is 0 Å². The molecule has 0 bridgehead atoms. The van der Waals surface area contributed by atoms with E-state index in [4.69, 9.17) is 4.74 Å². The number of benzene rings is 1. The minimum atomic E-state index is -0.152. The number of anilines is 1. The molecule has 0 unspecified atom stereocenters. The normalized spacial score (nSPS) is 13.2. The van der Waals surface area contributed by atoms with Crippen LogP contribution >= 0.6 is 11.3 Å². The van der Waals surface area contributed by atoms with Crippen molar-refractivity contribution in [2.75, 3.05) is 18.5 Å². The summed E-state index contributed by atoms with van der Waals surface area (Å²) in [4.78, 5) is 26.3. The summed E-state index contributed by atoms with van der Waals surface area (Å²) in [7, 11) is 0. The lowest BCUT2D eigenvalue weighted by molar-refractivity contribution is 0.0952. The Morgan fingerprint density at radius 1 is 1.25 bits per heavy atom. The minimum Gasteiger partial charge on any atom is -0.376 e. The molecule has 0 fully saturated rings. The highest BCUT2D eigenvalue weighted by Crippen LogP contribution is 2.27. The molecule has 1 aromatic heterocycles. The zero-order valence-corrected chi connectivity index (χ0v) is 14.4. The van der Waals surface area contributed by atoms with E-state index in [1.54, 1.807) is 24.3 Å². The van der Waals surface area contributed by atoms with E-state index in [-0.39, 0.29) is 11.8 Å². The summed E-state index contributed by atoms with van der Waals surface area (Å²) in [6, 6.07) is 8.88. The molecule has 2 heterocycles. The number of ether oxygens (including phenoxy) is 1. The lowest BCUT2D eigenvalue weighted by atomic mass is 10.1. The van der Waals surface area contributed by atoms with Gasteiger partial charge in [-0.2, -0.15) is 0 Å². The van der Waals surface area contributed by atoms with Gasteiger partial charge in [-0.05, 0) is 36.2 Å². The number of amides is 2. The van der Waals surface area contributed by atoms with Crippen molar-refractivity contribution >= 4 is 28.8 Å². The predicted octanol–water partition coefficient (Wildman–Crippen LogP) is 3.21. The average Bonchev–Trinajstić information content (AvgIpc) is 3.04. The first-order chi connectivity index (χ1) is 11.7. The fourth-order valence-corrected chi connectivity index (χ4v) is 3.58. The fourth-order valence-electron chi connectivity index (χ4n) is 2.53. The van der Waals surface area contributed by atoms with E-state index in [1.807, 2.05) is 13.0 Å². The molecule has 2 amide bonds. The number of nitrogens with one attached hydrogen (secondary N) is 2. The Kier molecular flexibility index (Phi) is 5.27.